The molecule has 1 aromatic heterocycles. The van der Waals surface area contributed by atoms with Gasteiger partial charge in [-0.1, -0.05) is 131 Å². The van der Waals surface area contributed by atoms with Crippen LogP contribution in [0.3, 0.4) is 0 Å². The number of aromatic nitrogens is 1. The molecule has 5 heteroatoms. The first-order valence-corrected chi connectivity index (χ1v) is 21.5. The van der Waals surface area contributed by atoms with Gasteiger partial charge in [0.15, 0.2) is 0 Å². The second kappa shape index (κ2) is 16.2. The van der Waals surface area contributed by atoms with Crippen molar-refractivity contribution in [3.8, 4) is 0 Å². The molecule has 1 aliphatic rings. The van der Waals surface area contributed by atoms with Gasteiger partial charge in [-0.25, -0.2) is 8.42 Å². The lowest BCUT2D eigenvalue weighted by molar-refractivity contribution is 0.507. The van der Waals surface area contributed by atoms with Crippen LogP contribution in [0.5, 0.6) is 0 Å². The minimum absolute atomic E-state index is 0.118. The van der Waals surface area contributed by atoms with Crippen molar-refractivity contribution in [2.75, 3.05) is 5.32 Å². The van der Waals surface area contributed by atoms with Crippen LogP contribution in [0.4, 0.5) is 5.69 Å². The standard InChI is InChI=1S/C49H54N2O2S/c1-6-16-34(4)50-44-26-14-20-37-18-12-24-42(47(37)44)36(8-3)28-29-39-30-31-40(49(39)54(52,53)41-22-10-9-11-23-41)32-33-45-43-25-13-19-38-21-15-27-46(48(38)43)51(45)35(5)17-7-2/h9-15,18-29,32-36,50H,6-8,16-17,30-31H2,1-5H3/b29-28+,40-32+,45-33+. The Morgan fingerprint density at radius 1 is 0.741 bits per heavy atom. The van der Waals surface area contributed by atoms with E-state index in [4.69, 9.17) is 0 Å². The highest BCUT2D eigenvalue weighted by Crippen LogP contribution is 2.41. The summed E-state index contributed by atoms with van der Waals surface area (Å²) in [5.41, 5.74) is 5.40. The number of anilines is 1. The maximum Gasteiger partial charge on any atom is 0.207 e. The molecule has 0 bridgehead atoms. The van der Waals surface area contributed by atoms with Gasteiger partial charge >= 0.3 is 0 Å². The number of hydrogen-bond acceptors (Lipinski definition) is 3. The molecule has 4 nitrogen and oxygen atoms in total. The van der Waals surface area contributed by atoms with Crippen molar-refractivity contribution in [3.05, 3.63) is 148 Å². The fourth-order valence-electron chi connectivity index (χ4n) is 8.71. The van der Waals surface area contributed by atoms with Crippen molar-refractivity contribution in [1.82, 2.24) is 4.57 Å². The van der Waals surface area contributed by atoms with Crippen molar-refractivity contribution in [2.45, 2.75) is 102 Å². The van der Waals surface area contributed by atoms with E-state index in [1.54, 1.807) is 12.1 Å². The number of benzene rings is 5. The van der Waals surface area contributed by atoms with Crippen LogP contribution in [0.2, 0.25) is 0 Å². The molecule has 1 N–H and O–H groups in total. The summed E-state index contributed by atoms with van der Waals surface area (Å²) in [4.78, 5) is 0.785. The van der Waals surface area contributed by atoms with Crippen LogP contribution >= 0.6 is 0 Å². The van der Waals surface area contributed by atoms with E-state index in [0.29, 0.717) is 34.7 Å². The average molecular weight is 735 g/mol. The Balaban J connectivity index is 1.37. The van der Waals surface area contributed by atoms with Crippen LogP contribution in [-0.2, 0) is 9.84 Å². The van der Waals surface area contributed by atoms with Crippen molar-refractivity contribution < 1.29 is 8.42 Å². The Morgan fingerprint density at radius 2 is 1.43 bits per heavy atom. The molecule has 0 saturated heterocycles. The third-order valence-corrected chi connectivity index (χ3v) is 13.2. The summed E-state index contributed by atoms with van der Waals surface area (Å²) in [6, 6.07) is 35.8. The average Bonchev–Trinajstić information content (AvgIpc) is 3.75. The van der Waals surface area contributed by atoms with Crippen molar-refractivity contribution in [2.24, 2.45) is 0 Å². The molecule has 0 radical (unpaired) electrons. The van der Waals surface area contributed by atoms with E-state index in [1.165, 1.54) is 38.0 Å². The van der Waals surface area contributed by atoms with Crippen molar-refractivity contribution >= 4 is 54.0 Å². The van der Waals surface area contributed by atoms with E-state index >= 15 is 0 Å². The Kier molecular flexibility index (Phi) is 11.3. The fraction of sp³-hybridized carbons (Fsp3) is 0.306. The molecule has 0 amide bonds. The fourth-order valence-corrected chi connectivity index (χ4v) is 10.5. The lowest BCUT2D eigenvalue weighted by atomic mass is 9.89. The molecule has 0 aliphatic heterocycles. The van der Waals surface area contributed by atoms with Crippen LogP contribution in [-0.4, -0.2) is 19.0 Å². The number of fused-ring (bicyclic) bond motifs is 1. The molecule has 0 fully saturated rings. The molecule has 54 heavy (non-hydrogen) atoms. The van der Waals surface area contributed by atoms with Crippen molar-refractivity contribution in [1.29, 1.82) is 0 Å². The number of rotatable bonds is 14. The topological polar surface area (TPSA) is 51.1 Å². The van der Waals surface area contributed by atoms with Gasteiger partial charge in [0.2, 0.25) is 9.84 Å². The van der Waals surface area contributed by atoms with Gasteiger partial charge in [-0.05, 0) is 104 Å². The number of nitrogens with one attached hydrogen (secondary N) is 1. The summed E-state index contributed by atoms with van der Waals surface area (Å²) in [7, 11) is -3.79. The monoisotopic (exact) mass is 734 g/mol. The third-order valence-electron chi connectivity index (χ3n) is 11.3. The Hall–Kier alpha value is -4.87. The van der Waals surface area contributed by atoms with Gasteiger partial charge in [0.1, 0.15) is 0 Å². The minimum atomic E-state index is -3.79. The third kappa shape index (κ3) is 7.19. The zero-order valence-electron chi connectivity index (χ0n) is 32.5. The van der Waals surface area contributed by atoms with E-state index < -0.39 is 9.84 Å². The zero-order chi connectivity index (χ0) is 37.8. The summed E-state index contributed by atoms with van der Waals surface area (Å²) < 4.78 is 31.7. The maximum absolute atomic E-state index is 14.6. The smallest absolute Gasteiger partial charge is 0.207 e. The largest absolute Gasteiger partial charge is 0.382 e. The van der Waals surface area contributed by atoms with Crippen molar-refractivity contribution in [3.63, 3.8) is 0 Å². The second-order valence-corrected chi connectivity index (χ2v) is 16.9. The van der Waals surface area contributed by atoms with Crippen LogP contribution < -0.4 is 10.7 Å². The molecule has 6 aromatic rings. The van der Waals surface area contributed by atoms with E-state index in [0.717, 1.165) is 54.3 Å². The Labute approximate surface area is 321 Å². The second-order valence-electron chi connectivity index (χ2n) is 15.1. The predicted octanol–water partition coefficient (Wildman–Crippen LogP) is 12.6. The van der Waals surface area contributed by atoms with Gasteiger partial charge in [-0.2, -0.15) is 0 Å². The summed E-state index contributed by atoms with van der Waals surface area (Å²) in [5.74, 6) is 0.118. The first-order valence-electron chi connectivity index (χ1n) is 20.0. The molecule has 7 rings (SSSR count). The van der Waals surface area contributed by atoms with Crippen LogP contribution in [0, 0.1) is 0 Å². The summed E-state index contributed by atoms with van der Waals surface area (Å²) in [6.45, 7) is 11.2. The Bertz CT molecular complexity index is 2530. The molecule has 5 aromatic carbocycles. The number of allylic oxidation sites excluding steroid dienone is 5. The van der Waals surface area contributed by atoms with Crippen LogP contribution in [0.1, 0.15) is 97.1 Å². The molecule has 0 saturated carbocycles. The molecule has 278 valence electrons. The van der Waals surface area contributed by atoms with Gasteiger partial charge in [0.25, 0.3) is 0 Å². The molecular weight excluding hydrogens is 681 g/mol. The SMILES string of the molecule is CCCC(C)Nc1cccc2cccc(C(/C=C/C3=C(S(=O)(=O)c4ccccc4)C(=C/C=c4\c5cccc6cccc(c65)n4C(C)CCC)/CC3)CC)c12. The van der Waals surface area contributed by atoms with Gasteiger partial charge in [-0.15, -0.1) is 0 Å². The van der Waals surface area contributed by atoms with E-state index in [1.807, 2.05) is 18.2 Å². The normalized spacial score (nSPS) is 16.8. The molecule has 1 heterocycles. The van der Waals surface area contributed by atoms with Crippen LogP contribution in [0.15, 0.2) is 142 Å². The molecular formula is C49H54N2O2S. The lowest BCUT2D eigenvalue weighted by Crippen LogP contribution is -2.20. The van der Waals surface area contributed by atoms with E-state index in [-0.39, 0.29) is 5.92 Å². The first kappa shape index (κ1) is 37.4. The highest BCUT2D eigenvalue weighted by Gasteiger charge is 2.31. The molecule has 3 atom stereocenters. The highest BCUT2D eigenvalue weighted by molar-refractivity contribution is 7.95. The van der Waals surface area contributed by atoms with E-state index in [2.05, 4.69) is 142 Å². The summed E-state index contributed by atoms with van der Waals surface area (Å²) in [6.07, 6.45) is 15.3. The molecule has 1 aliphatic carbocycles. The van der Waals surface area contributed by atoms with Gasteiger partial charge in [0.05, 0.1) is 9.80 Å². The highest BCUT2D eigenvalue weighted by atomic mass is 32.2. The van der Waals surface area contributed by atoms with Gasteiger partial charge in [-0.3, -0.25) is 0 Å². The number of hydrogen-bond donors (Lipinski definition) is 1. The predicted molar refractivity (Wildman–Crippen MR) is 231 cm³/mol. The first-order chi connectivity index (χ1) is 26.3. The number of nitrogens with zero attached hydrogens (tertiary/aromatic N) is 1. The minimum Gasteiger partial charge on any atom is -0.382 e. The summed E-state index contributed by atoms with van der Waals surface area (Å²) in [5, 5.41) is 11.1. The Morgan fingerprint density at radius 3 is 2.15 bits per heavy atom. The van der Waals surface area contributed by atoms with Gasteiger partial charge < -0.3 is 9.88 Å². The quantitative estimate of drug-likeness (QED) is 0.121. The summed E-state index contributed by atoms with van der Waals surface area (Å²) >= 11 is 0. The van der Waals surface area contributed by atoms with Crippen LogP contribution in [0.25, 0.3) is 38.5 Å². The lowest BCUT2D eigenvalue weighted by Gasteiger charge is -2.21. The van der Waals surface area contributed by atoms with E-state index in [9.17, 15) is 8.42 Å². The zero-order valence-corrected chi connectivity index (χ0v) is 33.3. The number of sulfone groups is 1. The molecule has 0 spiro atoms. The van der Waals surface area contributed by atoms with Gasteiger partial charge in [0, 0.05) is 50.7 Å². The molecule has 3 unspecified atom stereocenters. The maximum atomic E-state index is 14.6.